The summed E-state index contributed by atoms with van der Waals surface area (Å²) in [5, 5.41) is 3.36. The van der Waals surface area contributed by atoms with Crippen molar-refractivity contribution in [2.75, 3.05) is 18.1 Å². The molecule has 0 saturated heterocycles. The topological polar surface area (TPSA) is 42.4 Å². The molecule has 0 radical (unpaired) electrons. The van der Waals surface area contributed by atoms with Gasteiger partial charge in [0.1, 0.15) is 6.54 Å². The molecule has 0 aliphatic rings. The summed E-state index contributed by atoms with van der Waals surface area (Å²) in [6.07, 6.45) is 1.66. The average Bonchev–Trinajstić information content (AvgIpc) is 2.91. The summed E-state index contributed by atoms with van der Waals surface area (Å²) in [6.45, 7) is 2.08. The summed E-state index contributed by atoms with van der Waals surface area (Å²) in [6, 6.07) is 5.18. The number of thiazole rings is 1. The molecule has 7 heteroatoms. The Balaban J connectivity index is 2.39. The van der Waals surface area contributed by atoms with E-state index < -0.39 is 0 Å². The second-order valence-corrected chi connectivity index (χ2v) is 5.46. The van der Waals surface area contributed by atoms with E-state index in [2.05, 4.69) is 4.98 Å². The molecule has 0 aliphatic carbocycles. The maximum absolute atomic E-state index is 11.8. The highest BCUT2D eigenvalue weighted by molar-refractivity contribution is 7.13. The van der Waals surface area contributed by atoms with Crippen LogP contribution in [0.1, 0.15) is 6.92 Å². The number of hydrogen-bond donors (Lipinski definition) is 0. The van der Waals surface area contributed by atoms with Crippen molar-refractivity contribution in [3.63, 3.8) is 0 Å². The van der Waals surface area contributed by atoms with Crippen molar-refractivity contribution >= 4 is 51.3 Å². The molecule has 0 atom stereocenters. The Labute approximate surface area is 130 Å². The number of carbonyl (C=O) groups excluding carboxylic acids is 1. The molecule has 2 aromatic rings. The largest absolute Gasteiger partial charge is 0.465 e. The number of nitrogens with zero attached hydrogens (tertiary/aromatic N) is 2. The highest BCUT2D eigenvalue weighted by Crippen LogP contribution is 2.38. The van der Waals surface area contributed by atoms with Crippen LogP contribution in [0.3, 0.4) is 0 Å². The number of carbonyl (C=O) groups is 1. The predicted octanol–water partition coefficient (Wildman–Crippen LogP) is 4.15. The van der Waals surface area contributed by atoms with Crippen molar-refractivity contribution in [1.82, 2.24) is 4.98 Å². The highest BCUT2D eigenvalue weighted by Gasteiger charge is 2.21. The smallest absolute Gasteiger partial charge is 0.326 e. The van der Waals surface area contributed by atoms with Crippen LogP contribution in [0.15, 0.2) is 29.8 Å². The van der Waals surface area contributed by atoms with Crippen molar-refractivity contribution < 1.29 is 9.53 Å². The zero-order valence-corrected chi connectivity index (χ0v) is 13.0. The van der Waals surface area contributed by atoms with Gasteiger partial charge in [0.15, 0.2) is 5.13 Å². The summed E-state index contributed by atoms with van der Waals surface area (Å²) in [4.78, 5) is 17.6. The molecule has 2 rings (SSSR count). The van der Waals surface area contributed by atoms with E-state index in [1.165, 1.54) is 11.3 Å². The predicted molar refractivity (Wildman–Crippen MR) is 82.2 cm³/mol. The van der Waals surface area contributed by atoms with Crippen molar-refractivity contribution in [3.8, 4) is 0 Å². The summed E-state index contributed by atoms with van der Waals surface area (Å²) in [5.41, 5.74) is 0.554. The number of esters is 1. The van der Waals surface area contributed by atoms with Gasteiger partial charge in [-0.15, -0.1) is 11.3 Å². The third-order valence-electron chi connectivity index (χ3n) is 2.45. The SMILES string of the molecule is CCOC(=O)CN(c1nccs1)c1c(Cl)cccc1Cl. The van der Waals surface area contributed by atoms with E-state index in [0.29, 0.717) is 27.5 Å². The number of para-hydroxylation sites is 1. The molecular formula is C13H12Cl2N2O2S. The van der Waals surface area contributed by atoms with Crippen LogP contribution in [0.4, 0.5) is 10.8 Å². The van der Waals surface area contributed by atoms with Gasteiger partial charge in [0, 0.05) is 11.6 Å². The summed E-state index contributed by atoms with van der Waals surface area (Å²) in [7, 11) is 0. The van der Waals surface area contributed by atoms with Gasteiger partial charge in [0.25, 0.3) is 0 Å². The van der Waals surface area contributed by atoms with E-state index in [0.717, 1.165) is 0 Å². The van der Waals surface area contributed by atoms with Gasteiger partial charge in [-0.1, -0.05) is 29.3 Å². The molecule has 0 N–H and O–H groups in total. The minimum Gasteiger partial charge on any atom is -0.465 e. The lowest BCUT2D eigenvalue weighted by Gasteiger charge is -2.23. The fraction of sp³-hybridized carbons (Fsp3) is 0.231. The standard InChI is InChI=1S/C13H12Cl2N2O2S/c1-2-19-11(18)8-17(13-16-6-7-20-13)12-9(14)4-3-5-10(12)15/h3-7H,2,8H2,1H3. The van der Waals surface area contributed by atoms with Crippen LogP contribution in [0, 0.1) is 0 Å². The molecule has 0 fully saturated rings. The summed E-state index contributed by atoms with van der Waals surface area (Å²) in [5.74, 6) is -0.362. The van der Waals surface area contributed by atoms with E-state index in [-0.39, 0.29) is 12.5 Å². The second kappa shape index (κ2) is 6.92. The Bertz CT molecular complexity index is 570. The fourth-order valence-corrected chi connectivity index (χ4v) is 2.92. The molecule has 1 aromatic heterocycles. The lowest BCUT2D eigenvalue weighted by Crippen LogP contribution is -2.27. The summed E-state index contributed by atoms with van der Waals surface area (Å²) < 4.78 is 4.98. The minimum absolute atomic E-state index is 0.00477. The van der Waals surface area contributed by atoms with Crippen LogP contribution in [-0.4, -0.2) is 24.1 Å². The monoisotopic (exact) mass is 330 g/mol. The van der Waals surface area contributed by atoms with Crippen LogP contribution < -0.4 is 4.90 Å². The van der Waals surface area contributed by atoms with E-state index in [1.807, 2.05) is 5.38 Å². The normalized spacial score (nSPS) is 10.3. The van der Waals surface area contributed by atoms with Crippen LogP contribution in [-0.2, 0) is 9.53 Å². The maximum Gasteiger partial charge on any atom is 0.326 e. The zero-order chi connectivity index (χ0) is 14.5. The van der Waals surface area contributed by atoms with Crippen molar-refractivity contribution in [1.29, 1.82) is 0 Å². The number of aromatic nitrogens is 1. The van der Waals surface area contributed by atoms with E-state index >= 15 is 0 Å². The van der Waals surface area contributed by atoms with Gasteiger partial charge in [-0.2, -0.15) is 0 Å². The van der Waals surface area contributed by atoms with Crippen molar-refractivity contribution in [2.45, 2.75) is 6.92 Å². The first-order valence-corrected chi connectivity index (χ1v) is 7.53. The average molecular weight is 331 g/mol. The lowest BCUT2D eigenvalue weighted by molar-refractivity contribution is -0.141. The molecular weight excluding hydrogens is 319 g/mol. The Kier molecular flexibility index (Phi) is 5.23. The van der Waals surface area contributed by atoms with E-state index in [1.54, 1.807) is 36.2 Å². The van der Waals surface area contributed by atoms with Crippen LogP contribution >= 0.6 is 34.5 Å². The lowest BCUT2D eigenvalue weighted by atomic mass is 10.3. The third kappa shape index (κ3) is 3.42. The first-order valence-electron chi connectivity index (χ1n) is 5.90. The van der Waals surface area contributed by atoms with Gasteiger partial charge in [-0.25, -0.2) is 4.98 Å². The number of anilines is 2. The molecule has 0 bridgehead atoms. The van der Waals surface area contributed by atoms with Crippen LogP contribution in [0.2, 0.25) is 10.0 Å². The molecule has 20 heavy (non-hydrogen) atoms. The molecule has 0 aliphatic heterocycles. The number of halogens is 2. The zero-order valence-electron chi connectivity index (χ0n) is 10.7. The van der Waals surface area contributed by atoms with Gasteiger partial charge in [0.2, 0.25) is 0 Å². The molecule has 106 valence electrons. The highest BCUT2D eigenvalue weighted by atomic mass is 35.5. The minimum atomic E-state index is -0.362. The number of hydrogen-bond acceptors (Lipinski definition) is 5. The molecule has 4 nitrogen and oxygen atoms in total. The molecule has 0 amide bonds. The van der Waals surface area contributed by atoms with Gasteiger partial charge < -0.3 is 9.64 Å². The molecule has 1 aromatic carbocycles. The number of ether oxygens (including phenoxy) is 1. The van der Waals surface area contributed by atoms with Gasteiger partial charge in [0.05, 0.1) is 22.3 Å². The Morgan fingerprint density at radius 1 is 1.40 bits per heavy atom. The first kappa shape index (κ1) is 15.1. The van der Waals surface area contributed by atoms with Crippen LogP contribution in [0.25, 0.3) is 0 Å². The maximum atomic E-state index is 11.8. The van der Waals surface area contributed by atoms with Crippen molar-refractivity contribution in [2.24, 2.45) is 0 Å². The summed E-state index contributed by atoms with van der Waals surface area (Å²) >= 11 is 13.8. The Hall–Kier alpha value is -1.30. The van der Waals surface area contributed by atoms with E-state index in [9.17, 15) is 4.79 Å². The van der Waals surface area contributed by atoms with Gasteiger partial charge >= 0.3 is 5.97 Å². The van der Waals surface area contributed by atoms with Crippen molar-refractivity contribution in [3.05, 3.63) is 39.8 Å². The molecule has 1 heterocycles. The van der Waals surface area contributed by atoms with Crippen LogP contribution in [0.5, 0.6) is 0 Å². The number of benzene rings is 1. The third-order valence-corrected chi connectivity index (χ3v) is 3.85. The molecule has 0 unspecified atom stereocenters. The Morgan fingerprint density at radius 3 is 2.65 bits per heavy atom. The Morgan fingerprint density at radius 2 is 2.10 bits per heavy atom. The molecule has 0 saturated carbocycles. The quantitative estimate of drug-likeness (QED) is 0.772. The fourth-order valence-electron chi connectivity index (χ4n) is 1.67. The van der Waals surface area contributed by atoms with Gasteiger partial charge in [-0.3, -0.25) is 4.79 Å². The number of rotatable bonds is 5. The first-order chi connectivity index (χ1) is 9.63. The molecule has 0 spiro atoms. The van der Waals surface area contributed by atoms with Gasteiger partial charge in [-0.05, 0) is 19.1 Å². The van der Waals surface area contributed by atoms with E-state index in [4.69, 9.17) is 27.9 Å². The second-order valence-electron chi connectivity index (χ2n) is 3.78.